The van der Waals surface area contributed by atoms with Crippen molar-refractivity contribution in [3.63, 3.8) is 0 Å². The van der Waals surface area contributed by atoms with E-state index in [0.717, 1.165) is 12.8 Å². The van der Waals surface area contributed by atoms with E-state index in [9.17, 15) is 9.59 Å². The van der Waals surface area contributed by atoms with Crippen molar-refractivity contribution in [2.75, 3.05) is 31.6 Å². The van der Waals surface area contributed by atoms with Gasteiger partial charge in [-0.2, -0.15) is 0 Å². The van der Waals surface area contributed by atoms with Gasteiger partial charge in [-0.1, -0.05) is 50.6 Å². The Balaban J connectivity index is 2.41. The lowest BCUT2D eigenvalue weighted by molar-refractivity contribution is -0.135. The average molecular weight is 396 g/mol. The van der Waals surface area contributed by atoms with E-state index < -0.39 is 0 Å². The first-order valence-corrected chi connectivity index (χ1v) is 10.7. The number of aryl methyl sites for hydroxylation is 1. The van der Waals surface area contributed by atoms with Crippen LogP contribution in [0, 0.1) is 6.92 Å². The van der Waals surface area contributed by atoms with Crippen LogP contribution in [-0.2, 0) is 14.3 Å². The third-order valence-electron chi connectivity index (χ3n) is 4.50. The minimum Gasteiger partial charge on any atom is -0.382 e. The van der Waals surface area contributed by atoms with E-state index in [1.54, 1.807) is 17.9 Å². The first kappa shape index (κ1) is 24.1. The molecule has 1 aromatic rings. The fraction of sp³-hybridized carbons (Fsp3) is 0.762. The van der Waals surface area contributed by atoms with E-state index in [-0.39, 0.29) is 18.4 Å². The number of amides is 2. The summed E-state index contributed by atoms with van der Waals surface area (Å²) in [6.07, 6.45) is 9.34. The molecule has 7 heteroatoms. The summed E-state index contributed by atoms with van der Waals surface area (Å²) < 4.78 is 10.3. The van der Waals surface area contributed by atoms with Crippen molar-refractivity contribution in [2.24, 2.45) is 0 Å². The molecular formula is C21H37N3O4. The largest absolute Gasteiger partial charge is 0.382 e. The number of aromatic nitrogens is 1. The summed E-state index contributed by atoms with van der Waals surface area (Å²) >= 11 is 0. The summed E-state index contributed by atoms with van der Waals surface area (Å²) in [5.74, 6) is 0.754. The van der Waals surface area contributed by atoms with E-state index in [1.807, 2.05) is 6.92 Å². The summed E-state index contributed by atoms with van der Waals surface area (Å²) in [6.45, 7) is 7.68. The van der Waals surface area contributed by atoms with Crippen molar-refractivity contribution in [2.45, 2.75) is 78.6 Å². The van der Waals surface area contributed by atoms with Gasteiger partial charge in [0.1, 0.15) is 5.76 Å². The van der Waals surface area contributed by atoms with Crippen LogP contribution < -0.4 is 5.32 Å². The molecule has 0 aromatic carbocycles. The second kappa shape index (κ2) is 15.1. The monoisotopic (exact) mass is 395 g/mol. The van der Waals surface area contributed by atoms with Gasteiger partial charge in [-0.3, -0.25) is 9.59 Å². The van der Waals surface area contributed by atoms with Crippen molar-refractivity contribution in [3.8, 4) is 0 Å². The molecule has 0 unspecified atom stereocenters. The Hall–Kier alpha value is -1.89. The number of anilines is 1. The Bertz CT molecular complexity index is 560. The van der Waals surface area contributed by atoms with Crippen LogP contribution in [0.3, 0.4) is 0 Å². The Morgan fingerprint density at radius 1 is 1.11 bits per heavy atom. The van der Waals surface area contributed by atoms with Gasteiger partial charge in [-0.15, -0.1) is 0 Å². The first-order valence-electron chi connectivity index (χ1n) is 10.7. The van der Waals surface area contributed by atoms with Gasteiger partial charge in [-0.05, 0) is 26.7 Å². The first-order chi connectivity index (χ1) is 13.6. The number of nitrogens with zero attached hydrogens (tertiary/aromatic N) is 2. The number of carbonyl (C=O) groups is 2. The van der Waals surface area contributed by atoms with Crippen LogP contribution in [0.25, 0.3) is 0 Å². The molecule has 1 N–H and O–H groups in total. The van der Waals surface area contributed by atoms with Crippen molar-refractivity contribution in [1.29, 1.82) is 0 Å². The molecular weight excluding hydrogens is 358 g/mol. The zero-order valence-corrected chi connectivity index (χ0v) is 17.8. The van der Waals surface area contributed by atoms with E-state index in [4.69, 9.17) is 9.26 Å². The van der Waals surface area contributed by atoms with Gasteiger partial charge in [0, 0.05) is 32.2 Å². The number of nitrogens with one attached hydrogen (secondary N) is 1. The summed E-state index contributed by atoms with van der Waals surface area (Å²) in [6, 6.07) is 1.65. The number of hydrogen-bond donors (Lipinski definition) is 1. The van der Waals surface area contributed by atoms with Crippen LogP contribution in [0.1, 0.15) is 77.4 Å². The lowest BCUT2D eigenvalue weighted by Crippen LogP contribution is -2.39. The van der Waals surface area contributed by atoms with Crippen molar-refractivity contribution < 1.29 is 18.8 Å². The van der Waals surface area contributed by atoms with Crippen molar-refractivity contribution in [1.82, 2.24) is 10.1 Å². The molecule has 0 atom stereocenters. The maximum absolute atomic E-state index is 12.6. The molecule has 0 aliphatic rings. The van der Waals surface area contributed by atoms with E-state index >= 15 is 0 Å². The van der Waals surface area contributed by atoms with Gasteiger partial charge < -0.3 is 19.5 Å². The number of hydrogen-bond acceptors (Lipinski definition) is 5. The molecule has 0 fully saturated rings. The average Bonchev–Trinajstić information content (AvgIpc) is 3.07. The van der Waals surface area contributed by atoms with Crippen LogP contribution in [0.15, 0.2) is 10.6 Å². The lowest BCUT2D eigenvalue weighted by atomic mass is 10.1. The highest BCUT2D eigenvalue weighted by Gasteiger charge is 2.17. The second-order valence-electron chi connectivity index (χ2n) is 7.11. The summed E-state index contributed by atoms with van der Waals surface area (Å²) in [4.78, 5) is 26.5. The Labute approximate surface area is 169 Å². The van der Waals surface area contributed by atoms with Crippen LogP contribution in [0.5, 0.6) is 0 Å². The minimum absolute atomic E-state index is 0.0212. The van der Waals surface area contributed by atoms with Gasteiger partial charge >= 0.3 is 0 Å². The summed E-state index contributed by atoms with van der Waals surface area (Å²) in [5.41, 5.74) is 0. The molecule has 0 aliphatic carbocycles. The maximum Gasteiger partial charge on any atom is 0.245 e. The zero-order valence-electron chi connectivity index (χ0n) is 17.8. The van der Waals surface area contributed by atoms with E-state index in [1.165, 1.54) is 32.1 Å². The van der Waals surface area contributed by atoms with Gasteiger partial charge in [0.15, 0.2) is 5.82 Å². The molecule has 1 heterocycles. The highest BCUT2D eigenvalue weighted by molar-refractivity contribution is 5.93. The second-order valence-corrected chi connectivity index (χ2v) is 7.11. The van der Waals surface area contributed by atoms with E-state index in [0.29, 0.717) is 44.2 Å². The Kier molecular flexibility index (Phi) is 13.0. The van der Waals surface area contributed by atoms with E-state index in [2.05, 4.69) is 17.4 Å². The van der Waals surface area contributed by atoms with Crippen LogP contribution in [0.2, 0.25) is 0 Å². The van der Waals surface area contributed by atoms with Gasteiger partial charge in [-0.25, -0.2) is 0 Å². The molecule has 0 bridgehead atoms. The van der Waals surface area contributed by atoms with Crippen LogP contribution in [0.4, 0.5) is 5.82 Å². The van der Waals surface area contributed by atoms with Gasteiger partial charge in [0.05, 0.1) is 6.54 Å². The molecule has 28 heavy (non-hydrogen) atoms. The normalized spacial score (nSPS) is 10.8. The minimum atomic E-state index is -0.266. The predicted octanol–water partition coefficient (Wildman–Crippen LogP) is 4.32. The Morgan fingerprint density at radius 2 is 1.82 bits per heavy atom. The van der Waals surface area contributed by atoms with Crippen LogP contribution >= 0.6 is 0 Å². The topological polar surface area (TPSA) is 84.7 Å². The fourth-order valence-corrected chi connectivity index (χ4v) is 2.97. The molecule has 0 aliphatic heterocycles. The summed E-state index contributed by atoms with van der Waals surface area (Å²) in [5, 5.41) is 6.43. The highest BCUT2D eigenvalue weighted by Crippen LogP contribution is 2.11. The molecule has 0 saturated carbocycles. The van der Waals surface area contributed by atoms with Crippen molar-refractivity contribution in [3.05, 3.63) is 11.8 Å². The van der Waals surface area contributed by atoms with Crippen molar-refractivity contribution >= 4 is 17.6 Å². The fourth-order valence-electron chi connectivity index (χ4n) is 2.97. The predicted molar refractivity (Wildman–Crippen MR) is 110 cm³/mol. The Morgan fingerprint density at radius 3 is 2.46 bits per heavy atom. The number of carbonyl (C=O) groups excluding carboxylic acids is 2. The summed E-state index contributed by atoms with van der Waals surface area (Å²) in [7, 11) is 0. The quantitative estimate of drug-likeness (QED) is 0.421. The molecule has 7 nitrogen and oxygen atoms in total. The molecule has 2 amide bonds. The highest BCUT2D eigenvalue weighted by atomic mass is 16.5. The SMILES string of the molecule is CCCCCCCCCC(=O)N(CCCOCC)CC(=O)Nc1cc(C)on1. The standard InChI is InChI=1S/C21H37N3O4/c1-4-6-7-8-9-10-11-13-21(26)24(14-12-15-27-5-2)17-20(25)22-19-16-18(3)28-23-19/h16H,4-15,17H2,1-3H3,(H,22,23,25). The molecule has 0 saturated heterocycles. The molecule has 0 spiro atoms. The molecule has 1 rings (SSSR count). The van der Waals surface area contributed by atoms with Crippen LogP contribution in [-0.4, -0.2) is 48.2 Å². The maximum atomic E-state index is 12.6. The zero-order chi connectivity index (χ0) is 20.6. The lowest BCUT2D eigenvalue weighted by Gasteiger charge is -2.22. The van der Waals surface area contributed by atoms with Gasteiger partial charge in [0.25, 0.3) is 0 Å². The number of ether oxygens (including phenoxy) is 1. The third-order valence-corrected chi connectivity index (χ3v) is 4.50. The molecule has 1 aromatic heterocycles. The van der Waals surface area contributed by atoms with Gasteiger partial charge in [0.2, 0.25) is 11.8 Å². The number of unbranched alkanes of at least 4 members (excludes halogenated alkanes) is 6. The smallest absolute Gasteiger partial charge is 0.245 e. The molecule has 0 radical (unpaired) electrons. The number of rotatable bonds is 16. The third kappa shape index (κ3) is 11.1. The molecule has 160 valence electrons.